The lowest BCUT2D eigenvalue weighted by molar-refractivity contribution is 0.358. The van der Waals surface area contributed by atoms with Gasteiger partial charge in [-0.2, -0.15) is 0 Å². The van der Waals surface area contributed by atoms with Gasteiger partial charge in [0, 0.05) is 23.7 Å². The van der Waals surface area contributed by atoms with Gasteiger partial charge in [-0.05, 0) is 18.2 Å². The van der Waals surface area contributed by atoms with Crippen LogP contribution in [-0.2, 0) is 0 Å². The van der Waals surface area contributed by atoms with Gasteiger partial charge < -0.3 is 19.9 Å². The van der Waals surface area contributed by atoms with Crippen LogP contribution >= 0.6 is 11.3 Å². The lowest BCUT2D eigenvalue weighted by atomic mass is 10.1. The number of benzene rings is 2. The Morgan fingerprint density at radius 2 is 1.88 bits per heavy atom. The first-order chi connectivity index (χ1) is 12.6. The van der Waals surface area contributed by atoms with Crippen molar-refractivity contribution < 1.29 is 18.6 Å². The average molecular weight is 371 g/mol. The van der Waals surface area contributed by atoms with Crippen molar-refractivity contribution in [3.8, 4) is 23.0 Å². The molecule has 2 heterocycles. The largest absolute Gasteiger partial charge is 0.493 e. The summed E-state index contributed by atoms with van der Waals surface area (Å²) in [7, 11) is 3.09. The average Bonchev–Trinajstić information content (AvgIpc) is 2.99. The fraction of sp³-hybridized carbons (Fsp3) is 0.111. The summed E-state index contributed by atoms with van der Waals surface area (Å²) in [5, 5.41) is 1.05. The zero-order chi connectivity index (χ0) is 18.3. The molecule has 0 aliphatic heterocycles. The molecule has 0 aliphatic carbocycles. The number of pyridine rings is 1. The van der Waals surface area contributed by atoms with E-state index in [1.807, 2.05) is 0 Å². The Morgan fingerprint density at radius 3 is 2.65 bits per heavy atom. The first-order valence-electron chi connectivity index (χ1n) is 7.64. The van der Waals surface area contributed by atoms with E-state index in [0.717, 1.165) is 4.70 Å². The molecule has 4 rings (SSSR count). The zero-order valence-corrected chi connectivity index (χ0v) is 14.8. The lowest BCUT2D eigenvalue weighted by Gasteiger charge is -2.13. The summed E-state index contributed by atoms with van der Waals surface area (Å²) < 4.78 is 31.7. The third-order valence-corrected chi connectivity index (χ3v) is 4.74. The third-order valence-electron chi connectivity index (χ3n) is 3.89. The third kappa shape index (κ3) is 2.64. The first-order valence-corrected chi connectivity index (χ1v) is 8.45. The van der Waals surface area contributed by atoms with E-state index in [2.05, 4.69) is 9.97 Å². The van der Waals surface area contributed by atoms with Crippen molar-refractivity contribution in [2.45, 2.75) is 0 Å². The number of aromatic nitrogens is 2. The molecule has 2 aromatic carbocycles. The molecule has 0 radical (unpaired) electrons. The lowest BCUT2D eigenvalue weighted by Crippen LogP contribution is -1.95. The Bertz CT molecular complexity index is 1130. The summed E-state index contributed by atoms with van der Waals surface area (Å²) in [6.45, 7) is 0. The standard InChI is InChI=1S/C18H14FN3O3S/c1-23-13-4-3-9-12(5-6-21-16(9)17(13)24-2)25-14-8-15-11(7-10(14)19)22-18(20)26-15/h3-8H,1-2H3,(H2,20,22). The van der Waals surface area contributed by atoms with Gasteiger partial charge in [-0.3, -0.25) is 4.98 Å². The molecular formula is C18H14FN3O3S. The molecule has 0 saturated heterocycles. The van der Waals surface area contributed by atoms with Gasteiger partial charge in [-0.1, -0.05) is 11.3 Å². The normalized spacial score (nSPS) is 11.0. The number of thiazole rings is 1. The first kappa shape index (κ1) is 16.3. The van der Waals surface area contributed by atoms with Crippen LogP contribution in [0.15, 0.2) is 36.5 Å². The van der Waals surface area contributed by atoms with Crippen LogP contribution in [0.5, 0.6) is 23.0 Å². The molecule has 0 spiro atoms. The smallest absolute Gasteiger partial charge is 0.187 e. The molecular weight excluding hydrogens is 357 g/mol. The summed E-state index contributed by atoms with van der Waals surface area (Å²) in [6.07, 6.45) is 1.57. The molecule has 0 atom stereocenters. The van der Waals surface area contributed by atoms with Gasteiger partial charge in [0.25, 0.3) is 0 Å². The highest BCUT2D eigenvalue weighted by molar-refractivity contribution is 7.22. The number of hydrogen-bond donors (Lipinski definition) is 1. The van der Waals surface area contributed by atoms with Crippen LogP contribution in [0.2, 0.25) is 0 Å². The number of anilines is 1. The maximum atomic E-state index is 14.4. The number of hydrogen-bond acceptors (Lipinski definition) is 7. The summed E-state index contributed by atoms with van der Waals surface area (Å²) in [5.41, 5.74) is 6.75. The Hall–Kier alpha value is -3.13. The van der Waals surface area contributed by atoms with Crippen LogP contribution in [0.3, 0.4) is 0 Å². The Morgan fingerprint density at radius 1 is 1.04 bits per heavy atom. The monoisotopic (exact) mass is 371 g/mol. The molecule has 8 heteroatoms. The van der Waals surface area contributed by atoms with Crippen molar-refractivity contribution in [1.82, 2.24) is 9.97 Å². The number of ether oxygens (including phenoxy) is 3. The summed E-state index contributed by atoms with van der Waals surface area (Å²) >= 11 is 1.27. The molecule has 0 unspecified atom stereocenters. The molecule has 0 bridgehead atoms. The van der Waals surface area contributed by atoms with E-state index in [4.69, 9.17) is 19.9 Å². The molecule has 0 aliphatic rings. The SMILES string of the molecule is COc1ccc2c(Oc3cc4sc(N)nc4cc3F)ccnc2c1OC. The summed E-state index contributed by atoms with van der Waals surface area (Å²) in [4.78, 5) is 8.41. The molecule has 26 heavy (non-hydrogen) atoms. The van der Waals surface area contributed by atoms with E-state index >= 15 is 0 Å². The van der Waals surface area contributed by atoms with E-state index < -0.39 is 5.82 Å². The van der Waals surface area contributed by atoms with Gasteiger partial charge >= 0.3 is 0 Å². The van der Waals surface area contributed by atoms with Crippen LogP contribution in [0.4, 0.5) is 9.52 Å². The molecule has 6 nitrogen and oxygen atoms in total. The maximum absolute atomic E-state index is 14.4. The number of nitrogens with zero attached hydrogens (tertiary/aromatic N) is 2. The number of methoxy groups -OCH3 is 2. The van der Waals surface area contributed by atoms with Gasteiger partial charge in [0.2, 0.25) is 0 Å². The molecule has 2 aromatic heterocycles. The molecule has 132 valence electrons. The van der Waals surface area contributed by atoms with Crippen molar-refractivity contribution >= 4 is 37.6 Å². The predicted molar refractivity (Wildman–Crippen MR) is 98.9 cm³/mol. The van der Waals surface area contributed by atoms with Crippen molar-refractivity contribution in [2.75, 3.05) is 20.0 Å². The highest BCUT2D eigenvalue weighted by atomic mass is 32.1. The number of nitrogen functional groups attached to an aromatic ring is 1. The minimum Gasteiger partial charge on any atom is -0.493 e. The number of halogens is 1. The predicted octanol–water partition coefficient (Wildman–Crippen LogP) is 4.38. The molecule has 4 aromatic rings. The van der Waals surface area contributed by atoms with E-state index in [1.165, 1.54) is 24.5 Å². The van der Waals surface area contributed by atoms with Crippen molar-refractivity contribution in [2.24, 2.45) is 0 Å². The number of rotatable bonds is 4. The second-order valence-electron chi connectivity index (χ2n) is 5.41. The Kier molecular flexibility index (Phi) is 3.96. The number of fused-ring (bicyclic) bond motifs is 2. The summed E-state index contributed by atoms with van der Waals surface area (Å²) in [5.74, 6) is 1.06. The highest BCUT2D eigenvalue weighted by Crippen LogP contribution is 2.40. The molecule has 0 saturated carbocycles. The van der Waals surface area contributed by atoms with E-state index in [0.29, 0.717) is 38.8 Å². The van der Waals surface area contributed by atoms with Crippen LogP contribution in [0.25, 0.3) is 21.1 Å². The van der Waals surface area contributed by atoms with Gasteiger partial charge in [0.05, 0.1) is 24.4 Å². The maximum Gasteiger partial charge on any atom is 0.187 e. The second-order valence-corrected chi connectivity index (χ2v) is 6.47. The van der Waals surface area contributed by atoms with E-state index in [1.54, 1.807) is 37.6 Å². The van der Waals surface area contributed by atoms with Gasteiger partial charge in [0.15, 0.2) is 28.2 Å². The molecule has 0 amide bonds. The van der Waals surface area contributed by atoms with Crippen LogP contribution in [-0.4, -0.2) is 24.2 Å². The molecule has 2 N–H and O–H groups in total. The minimum atomic E-state index is -0.520. The van der Waals surface area contributed by atoms with Crippen molar-refractivity contribution in [3.05, 3.63) is 42.3 Å². The minimum absolute atomic E-state index is 0.0865. The fourth-order valence-corrected chi connectivity index (χ4v) is 3.48. The van der Waals surface area contributed by atoms with Crippen LogP contribution in [0, 0.1) is 5.82 Å². The topological polar surface area (TPSA) is 79.5 Å². The molecule has 0 fully saturated rings. The Labute approximate surface area is 152 Å². The highest BCUT2D eigenvalue weighted by Gasteiger charge is 2.16. The van der Waals surface area contributed by atoms with Gasteiger partial charge in [0.1, 0.15) is 11.3 Å². The second kappa shape index (κ2) is 6.30. The van der Waals surface area contributed by atoms with Crippen LogP contribution in [0.1, 0.15) is 0 Å². The van der Waals surface area contributed by atoms with Gasteiger partial charge in [-0.15, -0.1) is 0 Å². The van der Waals surface area contributed by atoms with Crippen LogP contribution < -0.4 is 19.9 Å². The van der Waals surface area contributed by atoms with Crippen molar-refractivity contribution in [3.63, 3.8) is 0 Å². The van der Waals surface area contributed by atoms with E-state index in [-0.39, 0.29) is 5.75 Å². The quantitative estimate of drug-likeness (QED) is 0.574. The fourth-order valence-electron chi connectivity index (χ4n) is 2.74. The van der Waals surface area contributed by atoms with Gasteiger partial charge in [-0.25, -0.2) is 9.37 Å². The number of nitrogens with two attached hydrogens (primary N) is 1. The van der Waals surface area contributed by atoms with E-state index in [9.17, 15) is 4.39 Å². The Balaban J connectivity index is 1.84. The summed E-state index contributed by atoms with van der Waals surface area (Å²) in [6, 6.07) is 8.11. The zero-order valence-electron chi connectivity index (χ0n) is 13.9. The van der Waals surface area contributed by atoms with Crippen molar-refractivity contribution in [1.29, 1.82) is 0 Å².